The normalized spacial score (nSPS) is 20.0. The van der Waals surface area contributed by atoms with Crippen LogP contribution in [0.4, 0.5) is 11.4 Å². The highest BCUT2D eigenvalue weighted by atomic mass is 16.2. The Hall–Kier alpha value is -1.75. The van der Waals surface area contributed by atoms with Crippen molar-refractivity contribution in [1.82, 2.24) is 10.2 Å². The molecule has 1 saturated carbocycles. The SMILES string of the molecule is Cc1cc(C)c(NC(C)C(=O)NC2CCN(CC3CC3)CC2)c(C)c1N. The van der Waals surface area contributed by atoms with E-state index in [4.69, 9.17) is 5.73 Å². The first kappa shape index (κ1) is 19.0. The Morgan fingerprint density at radius 1 is 1.19 bits per heavy atom. The van der Waals surface area contributed by atoms with E-state index in [9.17, 15) is 4.79 Å². The predicted octanol–water partition coefficient (Wildman–Crippen LogP) is 2.99. The number of aryl methyl sites for hydroxylation is 2. The van der Waals surface area contributed by atoms with Gasteiger partial charge in [0.25, 0.3) is 0 Å². The van der Waals surface area contributed by atoms with Crippen LogP contribution < -0.4 is 16.4 Å². The van der Waals surface area contributed by atoms with E-state index in [1.54, 1.807) is 0 Å². The van der Waals surface area contributed by atoms with Crippen molar-refractivity contribution < 1.29 is 4.79 Å². The van der Waals surface area contributed by atoms with Crippen LogP contribution in [0.3, 0.4) is 0 Å². The van der Waals surface area contributed by atoms with E-state index in [0.717, 1.165) is 59.9 Å². The van der Waals surface area contributed by atoms with Crippen LogP contribution in [0.5, 0.6) is 0 Å². The number of anilines is 2. The molecule has 1 aromatic carbocycles. The Morgan fingerprint density at radius 2 is 1.85 bits per heavy atom. The second-order valence-electron chi connectivity index (χ2n) is 8.32. The highest BCUT2D eigenvalue weighted by Gasteiger charge is 2.28. The lowest BCUT2D eigenvalue weighted by atomic mass is 10.0. The monoisotopic (exact) mass is 358 g/mol. The number of likely N-dealkylation sites (tertiary alicyclic amines) is 1. The first-order valence-electron chi connectivity index (χ1n) is 10.0. The van der Waals surface area contributed by atoms with Gasteiger partial charge in [0.1, 0.15) is 6.04 Å². The lowest BCUT2D eigenvalue weighted by Gasteiger charge is -2.33. The summed E-state index contributed by atoms with van der Waals surface area (Å²) in [7, 11) is 0. The molecule has 1 atom stereocenters. The molecule has 1 unspecified atom stereocenters. The summed E-state index contributed by atoms with van der Waals surface area (Å²) >= 11 is 0. The molecule has 1 amide bonds. The topological polar surface area (TPSA) is 70.4 Å². The maximum Gasteiger partial charge on any atom is 0.242 e. The summed E-state index contributed by atoms with van der Waals surface area (Å²) in [6.45, 7) is 11.5. The van der Waals surface area contributed by atoms with Crippen LogP contribution in [0.15, 0.2) is 6.07 Å². The number of nitrogen functional groups attached to an aromatic ring is 1. The molecule has 2 fully saturated rings. The minimum Gasteiger partial charge on any atom is -0.398 e. The van der Waals surface area contributed by atoms with Crippen LogP contribution in [0.25, 0.3) is 0 Å². The molecule has 5 heteroatoms. The number of hydrogen-bond acceptors (Lipinski definition) is 4. The molecule has 1 saturated heterocycles. The number of hydrogen-bond donors (Lipinski definition) is 3. The molecule has 0 spiro atoms. The van der Waals surface area contributed by atoms with E-state index in [2.05, 4.69) is 28.5 Å². The number of nitrogens with two attached hydrogens (primary N) is 1. The Labute approximate surface area is 157 Å². The Bertz CT molecular complexity index is 660. The Morgan fingerprint density at radius 3 is 2.46 bits per heavy atom. The fraction of sp³-hybridized carbons (Fsp3) is 0.667. The van der Waals surface area contributed by atoms with Gasteiger partial charge in [-0.2, -0.15) is 0 Å². The number of nitrogens with zero attached hydrogens (tertiary/aromatic N) is 1. The average molecular weight is 359 g/mol. The quantitative estimate of drug-likeness (QED) is 0.684. The summed E-state index contributed by atoms with van der Waals surface area (Å²) in [5.41, 5.74) is 11.2. The molecule has 5 nitrogen and oxygen atoms in total. The summed E-state index contributed by atoms with van der Waals surface area (Å²) in [5, 5.41) is 6.61. The van der Waals surface area contributed by atoms with Gasteiger partial charge in [0, 0.05) is 37.1 Å². The zero-order valence-electron chi connectivity index (χ0n) is 16.7. The molecule has 2 aliphatic rings. The van der Waals surface area contributed by atoms with Gasteiger partial charge in [-0.15, -0.1) is 0 Å². The van der Waals surface area contributed by atoms with Gasteiger partial charge in [-0.05, 0) is 76.0 Å². The number of carbonyl (C=O) groups excluding carboxylic acids is 1. The van der Waals surface area contributed by atoms with Crippen molar-refractivity contribution in [1.29, 1.82) is 0 Å². The zero-order chi connectivity index (χ0) is 18.8. The lowest BCUT2D eigenvalue weighted by molar-refractivity contribution is -0.122. The third-order valence-corrected chi connectivity index (χ3v) is 5.93. The molecule has 1 aromatic rings. The summed E-state index contributed by atoms with van der Waals surface area (Å²) in [5.74, 6) is 1.02. The predicted molar refractivity (Wildman–Crippen MR) is 108 cm³/mol. The van der Waals surface area contributed by atoms with Crippen LogP contribution in [0.2, 0.25) is 0 Å². The highest BCUT2D eigenvalue weighted by Crippen LogP contribution is 2.31. The molecule has 26 heavy (non-hydrogen) atoms. The van der Waals surface area contributed by atoms with Gasteiger partial charge in [-0.25, -0.2) is 0 Å². The average Bonchev–Trinajstić information content (AvgIpc) is 3.42. The first-order chi connectivity index (χ1) is 12.3. The van der Waals surface area contributed by atoms with Crippen molar-refractivity contribution in [2.75, 3.05) is 30.7 Å². The molecule has 0 aromatic heterocycles. The molecular weight excluding hydrogens is 324 g/mol. The molecular formula is C21H34N4O. The maximum atomic E-state index is 12.6. The third-order valence-electron chi connectivity index (χ3n) is 5.93. The number of rotatable bonds is 6. The second-order valence-corrected chi connectivity index (χ2v) is 8.32. The van der Waals surface area contributed by atoms with Gasteiger partial charge in [0.15, 0.2) is 0 Å². The van der Waals surface area contributed by atoms with Gasteiger partial charge in [0.05, 0.1) is 0 Å². The van der Waals surface area contributed by atoms with E-state index in [1.165, 1.54) is 19.4 Å². The van der Waals surface area contributed by atoms with Crippen molar-refractivity contribution in [3.05, 3.63) is 22.8 Å². The van der Waals surface area contributed by atoms with Crippen molar-refractivity contribution >= 4 is 17.3 Å². The van der Waals surface area contributed by atoms with Crippen LogP contribution >= 0.6 is 0 Å². The van der Waals surface area contributed by atoms with Gasteiger partial charge in [-0.3, -0.25) is 4.79 Å². The molecule has 1 heterocycles. The molecule has 1 aliphatic heterocycles. The molecule has 0 radical (unpaired) electrons. The van der Waals surface area contributed by atoms with Gasteiger partial charge in [0.2, 0.25) is 5.91 Å². The number of benzene rings is 1. The van der Waals surface area contributed by atoms with Crippen LogP contribution in [-0.4, -0.2) is 42.5 Å². The first-order valence-corrected chi connectivity index (χ1v) is 10.0. The number of carbonyl (C=O) groups is 1. The number of nitrogens with one attached hydrogen (secondary N) is 2. The summed E-state index contributed by atoms with van der Waals surface area (Å²) in [6.07, 6.45) is 4.92. The highest BCUT2D eigenvalue weighted by molar-refractivity contribution is 5.85. The van der Waals surface area contributed by atoms with Crippen molar-refractivity contribution in [2.24, 2.45) is 5.92 Å². The second kappa shape index (κ2) is 7.87. The van der Waals surface area contributed by atoms with Crippen molar-refractivity contribution in [3.63, 3.8) is 0 Å². The van der Waals surface area contributed by atoms with E-state index in [-0.39, 0.29) is 11.9 Å². The maximum absolute atomic E-state index is 12.6. The summed E-state index contributed by atoms with van der Waals surface area (Å²) in [4.78, 5) is 15.2. The van der Waals surface area contributed by atoms with E-state index in [0.29, 0.717) is 6.04 Å². The van der Waals surface area contributed by atoms with Crippen molar-refractivity contribution in [3.8, 4) is 0 Å². The standard InChI is InChI=1S/C21H34N4O/c1-13-11-14(2)20(15(3)19(13)22)23-16(4)21(26)24-18-7-9-25(10-8-18)12-17-5-6-17/h11,16-18,23H,5-10,12,22H2,1-4H3,(H,24,26). The van der Waals surface area contributed by atoms with Gasteiger partial charge >= 0.3 is 0 Å². The fourth-order valence-electron chi connectivity index (χ4n) is 3.96. The molecule has 0 bridgehead atoms. The Kier molecular flexibility index (Phi) is 5.76. The van der Waals surface area contributed by atoms with Crippen molar-refractivity contribution in [2.45, 2.75) is 65.5 Å². The van der Waals surface area contributed by atoms with Crippen LogP contribution in [0.1, 0.15) is 49.3 Å². The number of amides is 1. The molecule has 1 aliphatic carbocycles. The smallest absolute Gasteiger partial charge is 0.242 e. The summed E-state index contributed by atoms with van der Waals surface area (Å²) in [6, 6.07) is 2.09. The van der Waals surface area contributed by atoms with E-state index >= 15 is 0 Å². The largest absolute Gasteiger partial charge is 0.398 e. The van der Waals surface area contributed by atoms with Gasteiger partial charge in [-0.1, -0.05) is 6.07 Å². The number of piperidine rings is 1. The Balaban J connectivity index is 1.51. The van der Waals surface area contributed by atoms with Crippen LogP contribution in [0, 0.1) is 26.7 Å². The molecule has 4 N–H and O–H groups in total. The molecule has 3 rings (SSSR count). The van der Waals surface area contributed by atoms with E-state index in [1.807, 2.05) is 20.8 Å². The zero-order valence-corrected chi connectivity index (χ0v) is 16.7. The lowest BCUT2D eigenvalue weighted by Crippen LogP contribution is -2.48. The third kappa shape index (κ3) is 4.50. The van der Waals surface area contributed by atoms with Gasteiger partial charge < -0.3 is 21.3 Å². The summed E-state index contributed by atoms with van der Waals surface area (Å²) < 4.78 is 0. The molecule has 144 valence electrons. The van der Waals surface area contributed by atoms with E-state index < -0.39 is 0 Å². The fourth-order valence-corrected chi connectivity index (χ4v) is 3.96. The van der Waals surface area contributed by atoms with Crippen LogP contribution in [-0.2, 0) is 4.79 Å². The minimum atomic E-state index is -0.279. The minimum absolute atomic E-state index is 0.0728.